The molecule has 0 aromatic heterocycles. The van der Waals surface area contributed by atoms with Crippen LogP contribution in [0.1, 0.15) is 22.0 Å². The lowest BCUT2D eigenvalue weighted by Gasteiger charge is -2.22. The molecular formula is C19H14FNO2. The van der Waals surface area contributed by atoms with Gasteiger partial charge < -0.3 is 10.0 Å². The van der Waals surface area contributed by atoms with Crippen LogP contribution >= 0.6 is 0 Å². The highest BCUT2D eigenvalue weighted by Gasteiger charge is 2.31. The molecule has 1 N–H and O–H groups in total. The van der Waals surface area contributed by atoms with Gasteiger partial charge in [0.15, 0.2) is 0 Å². The lowest BCUT2D eigenvalue weighted by Crippen LogP contribution is -2.31. The van der Waals surface area contributed by atoms with Gasteiger partial charge in [-0.2, -0.15) is 0 Å². The third-order valence-electron chi connectivity index (χ3n) is 4.27. The second kappa shape index (κ2) is 5.18. The van der Waals surface area contributed by atoms with Crippen molar-refractivity contribution >= 4 is 22.4 Å². The molecule has 0 saturated carbocycles. The number of aliphatic hydroxyl groups excluding tert-OH is 1. The molecule has 1 atom stereocenters. The van der Waals surface area contributed by atoms with Crippen LogP contribution in [0.2, 0.25) is 0 Å². The Morgan fingerprint density at radius 3 is 2.52 bits per heavy atom. The average Bonchev–Trinajstić information content (AvgIpc) is 2.83. The van der Waals surface area contributed by atoms with E-state index in [0.717, 1.165) is 16.5 Å². The topological polar surface area (TPSA) is 40.5 Å². The van der Waals surface area contributed by atoms with Crippen LogP contribution in [-0.4, -0.2) is 17.6 Å². The number of aliphatic hydroxyl groups is 1. The van der Waals surface area contributed by atoms with Crippen LogP contribution in [0.15, 0.2) is 60.7 Å². The van der Waals surface area contributed by atoms with Crippen molar-refractivity contribution in [2.24, 2.45) is 0 Å². The number of hydrogen-bond acceptors (Lipinski definition) is 2. The summed E-state index contributed by atoms with van der Waals surface area (Å²) in [6.45, 7) is 0.0214. The summed E-state index contributed by atoms with van der Waals surface area (Å²) in [6.07, 6.45) is -1.08. The molecular weight excluding hydrogens is 293 g/mol. The molecule has 1 aliphatic heterocycles. The Bertz CT molecular complexity index is 917. The highest BCUT2D eigenvalue weighted by Crippen LogP contribution is 2.38. The van der Waals surface area contributed by atoms with E-state index in [1.807, 2.05) is 30.3 Å². The van der Waals surface area contributed by atoms with Gasteiger partial charge in [-0.05, 0) is 23.6 Å². The standard InChI is InChI=1S/C19H14FNO2/c20-15-9-2-1-7-13(15)17(22)11-21-16-10-4-6-12-5-3-8-14(18(12)16)19(21)23/h1-10,17,22H,11H2. The number of hydrogen-bond donors (Lipinski definition) is 1. The number of carbonyl (C=O) groups excluding carboxylic acids is 1. The first-order valence-corrected chi connectivity index (χ1v) is 7.43. The minimum Gasteiger partial charge on any atom is -0.386 e. The molecule has 0 aliphatic carbocycles. The summed E-state index contributed by atoms with van der Waals surface area (Å²) in [4.78, 5) is 14.2. The van der Waals surface area contributed by atoms with E-state index in [2.05, 4.69) is 0 Å². The van der Waals surface area contributed by atoms with Crippen LogP contribution in [-0.2, 0) is 0 Å². The number of rotatable bonds is 3. The second-order valence-corrected chi connectivity index (χ2v) is 5.63. The molecule has 1 unspecified atom stereocenters. The van der Waals surface area contributed by atoms with Crippen molar-refractivity contribution < 1.29 is 14.3 Å². The number of amides is 1. The van der Waals surface area contributed by atoms with E-state index in [-0.39, 0.29) is 18.0 Å². The molecule has 23 heavy (non-hydrogen) atoms. The Morgan fingerprint density at radius 2 is 1.74 bits per heavy atom. The fraction of sp³-hybridized carbons (Fsp3) is 0.105. The summed E-state index contributed by atoms with van der Waals surface area (Å²) in [7, 11) is 0. The molecule has 1 aliphatic rings. The van der Waals surface area contributed by atoms with E-state index >= 15 is 0 Å². The van der Waals surface area contributed by atoms with Gasteiger partial charge in [0.25, 0.3) is 5.91 Å². The van der Waals surface area contributed by atoms with Crippen molar-refractivity contribution in [2.75, 3.05) is 11.4 Å². The molecule has 0 bridgehead atoms. The lowest BCUT2D eigenvalue weighted by molar-refractivity contribution is 0.0968. The maximum Gasteiger partial charge on any atom is 0.259 e. The number of nitrogens with zero attached hydrogens (tertiary/aromatic N) is 1. The van der Waals surface area contributed by atoms with Gasteiger partial charge in [0.05, 0.1) is 18.3 Å². The van der Waals surface area contributed by atoms with Gasteiger partial charge in [-0.1, -0.05) is 42.5 Å². The Balaban J connectivity index is 1.73. The predicted octanol–water partition coefficient (Wildman–Crippen LogP) is 3.67. The number of benzene rings is 3. The molecule has 114 valence electrons. The molecule has 0 spiro atoms. The lowest BCUT2D eigenvalue weighted by atomic mass is 10.1. The highest BCUT2D eigenvalue weighted by atomic mass is 19.1. The molecule has 0 fully saturated rings. The molecule has 0 radical (unpaired) electrons. The van der Waals surface area contributed by atoms with E-state index < -0.39 is 11.9 Å². The van der Waals surface area contributed by atoms with E-state index in [4.69, 9.17) is 0 Å². The van der Waals surface area contributed by atoms with Crippen molar-refractivity contribution in [3.05, 3.63) is 77.6 Å². The van der Waals surface area contributed by atoms with Crippen molar-refractivity contribution in [3.63, 3.8) is 0 Å². The third kappa shape index (κ3) is 2.11. The van der Waals surface area contributed by atoms with E-state index in [1.54, 1.807) is 18.2 Å². The molecule has 3 aromatic carbocycles. The van der Waals surface area contributed by atoms with Crippen LogP contribution in [0.25, 0.3) is 10.8 Å². The Hall–Kier alpha value is -2.72. The first kappa shape index (κ1) is 13.9. The van der Waals surface area contributed by atoms with Crippen molar-refractivity contribution in [1.82, 2.24) is 0 Å². The zero-order chi connectivity index (χ0) is 16.0. The number of halogens is 1. The van der Waals surface area contributed by atoms with Gasteiger partial charge in [0, 0.05) is 16.5 Å². The van der Waals surface area contributed by atoms with E-state index in [1.165, 1.54) is 17.0 Å². The van der Waals surface area contributed by atoms with Gasteiger partial charge in [0.1, 0.15) is 5.82 Å². The maximum absolute atomic E-state index is 13.8. The summed E-state index contributed by atoms with van der Waals surface area (Å²) < 4.78 is 13.8. The smallest absolute Gasteiger partial charge is 0.259 e. The van der Waals surface area contributed by atoms with Crippen molar-refractivity contribution in [3.8, 4) is 0 Å². The van der Waals surface area contributed by atoms with Gasteiger partial charge in [-0.15, -0.1) is 0 Å². The van der Waals surface area contributed by atoms with Gasteiger partial charge >= 0.3 is 0 Å². The maximum atomic E-state index is 13.8. The first-order valence-electron chi connectivity index (χ1n) is 7.43. The largest absolute Gasteiger partial charge is 0.386 e. The number of anilines is 1. The molecule has 1 heterocycles. The third-order valence-corrected chi connectivity index (χ3v) is 4.27. The summed E-state index contributed by atoms with van der Waals surface area (Å²) in [5, 5.41) is 12.3. The number of β-amino-alcohol motifs (C(OH)–C–C–N with tert-alkyl or cyclic N) is 1. The highest BCUT2D eigenvalue weighted by molar-refractivity contribution is 6.25. The van der Waals surface area contributed by atoms with Crippen LogP contribution in [0.4, 0.5) is 10.1 Å². The fourth-order valence-electron chi connectivity index (χ4n) is 3.18. The van der Waals surface area contributed by atoms with E-state index in [0.29, 0.717) is 5.56 Å². The molecule has 3 aromatic rings. The minimum atomic E-state index is -1.08. The quantitative estimate of drug-likeness (QED) is 0.802. The SMILES string of the molecule is O=C1c2cccc3cccc(c23)N1CC(O)c1ccccc1F. The Morgan fingerprint density at radius 1 is 1.00 bits per heavy atom. The second-order valence-electron chi connectivity index (χ2n) is 5.63. The Labute approximate surface area is 132 Å². The van der Waals surface area contributed by atoms with Crippen LogP contribution in [0, 0.1) is 5.82 Å². The first-order chi connectivity index (χ1) is 11.2. The molecule has 4 rings (SSSR count). The van der Waals surface area contributed by atoms with Crippen molar-refractivity contribution in [1.29, 1.82) is 0 Å². The zero-order valence-corrected chi connectivity index (χ0v) is 12.2. The molecule has 0 saturated heterocycles. The summed E-state index contributed by atoms with van der Waals surface area (Å²) in [5.74, 6) is -0.630. The molecule has 3 nitrogen and oxygen atoms in total. The average molecular weight is 307 g/mol. The number of carbonyl (C=O) groups is 1. The van der Waals surface area contributed by atoms with Gasteiger partial charge in [-0.25, -0.2) is 4.39 Å². The van der Waals surface area contributed by atoms with Crippen LogP contribution in [0.3, 0.4) is 0 Å². The van der Waals surface area contributed by atoms with Crippen LogP contribution in [0.5, 0.6) is 0 Å². The summed E-state index contributed by atoms with van der Waals surface area (Å²) in [5.41, 5.74) is 1.58. The molecule has 4 heteroatoms. The zero-order valence-electron chi connectivity index (χ0n) is 12.2. The normalized spacial score (nSPS) is 14.5. The van der Waals surface area contributed by atoms with Gasteiger partial charge in [-0.3, -0.25) is 4.79 Å². The fourth-order valence-corrected chi connectivity index (χ4v) is 3.18. The summed E-state index contributed by atoms with van der Waals surface area (Å²) >= 11 is 0. The molecule has 1 amide bonds. The summed E-state index contributed by atoms with van der Waals surface area (Å²) in [6, 6.07) is 17.3. The minimum absolute atomic E-state index is 0.0214. The van der Waals surface area contributed by atoms with Crippen LogP contribution < -0.4 is 4.90 Å². The Kier molecular flexibility index (Phi) is 3.13. The monoisotopic (exact) mass is 307 g/mol. The van der Waals surface area contributed by atoms with Crippen molar-refractivity contribution in [2.45, 2.75) is 6.10 Å². The van der Waals surface area contributed by atoms with Gasteiger partial charge in [0.2, 0.25) is 0 Å². The van der Waals surface area contributed by atoms with E-state index in [9.17, 15) is 14.3 Å². The predicted molar refractivity (Wildman–Crippen MR) is 87.0 cm³/mol.